The summed E-state index contributed by atoms with van der Waals surface area (Å²) in [4.78, 5) is 18.9. The molecule has 1 aromatic heterocycles. The highest BCUT2D eigenvalue weighted by molar-refractivity contribution is 7.98. The van der Waals surface area contributed by atoms with Crippen LogP contribution in [0.1, 0.15) is 13.3 Å². The zero-order valence-electron chi connectivity index (χ0n) is 16.4. The van der Waals surface area contributed by atoms with Crippen LogP contribution < -0.4 is 15.0 Å². The molecule has 2 unspecified atom stereocenters. The average Bonchev–Trinajstić information content (AvgIpc) is 3.14. The minimum absolute atomic E-state index is 0.215. The van der Waals surface area contributed by atoms with E-state index in [2.05, 4.69) is 10.3 Å². The lowest BCUT2D eigenvalue weighted by molar-refractivity contribution is -0.117. The number of aromatic nitrogens is 1. The molecule has 2 heterocycles. The number of hydrogen-bond acceptors (Lipinski definition) is 6. The molecule has 1 fully saturated rings. The lowest BCUT2D eigenvalue weighted by atomic mass is 10.1. The summed E-state index contributed by atoms with van der Waals surface area (Å²) in [6.07, 6.45) is 3.72. The van der Waals surface area contributed by atoms with Crippen molar-refractivity contribution < 1.29 is 23.0 Å². The van der Waals surface area contributed by atoms with Gasteiger partial charge in [-0.05, 0) is 37.4 Å². The second kappa shape index (κ2) is 9.41. The number of hydrogen-bond donors (Lipinski definition) is 1. The van der Waals surface area contributed by atoms with Crippen LogP contribution in [0.5, 0.6) is 5.75 Å². The molecule has 0 bridgehead atoms. The predicted octanol–water partition coefficient (Wildman–Crippen LogP) is 3.71. The first kappa shape index (κ1) is 21.3. The Bertz CT molecular complexity index is 884. The average molecular weight is 423 g/mol. The highest BCUT2D eigenvalue weighted by atomic mass is 32.2. The van der Waals surface area contributed by atoms with E-state index in [1.165, 1.54) is 24.9 Å². The highest BCUT2D eigenvalue weighted by Gasteiger charge is 2.39. The molecular weight excluding hydrogens is 400 g/mol. The van der Waals surface area contributed by atoms with Gasteiger partial charge in [-0.2, -0.15) is 4.39 Å². The Kier molecular flexibility index (Phi) is 6.92. The van der Waals surface area contributed by atoms with E-state index < -0.39 is 17.7 Å². The van der Waals surface area contributed by atoms with Gasteiger partial charge in [0.25, 0.3) is 0 Å². The molecule has 0 radical (unpaired) electrons. The molecule has 2 atom stereocenters. The Morgan fingerprint density at radius 2 is 2.17 bits per heavy atom. The van der Waals surface area contributed by atoms with Gasteiger partial charge in [0.2, 0.25) is 11.7 Å². The third-order valence-electron chi connectivity index (χ3n) is 4.72. The number of pyridine rings is 1. The number of ether oxygens (including phenoxy) is 2. The van der Waals surface area contributed by atoms with Crippen molar-refractivity contribution in [3.05, 3.63) is 42.1 Å². The fourth-order valence-corrected chi connectivity index (χ4v) is 3.85. The molecule has 1 amide bonds. The number of thioether (sulfide) groups is 1. The van der Waals surface area contributed by atoms with Gasteiger partial charge in [0.05, 0.1) is 23.9 Å². The second-order valence-corrected chi connectivity index (χ2v) is 7.30. The van der Waals surface area contributed by atoms with Crippen molar-refractivity contribution >= 4 is 29.0 Å². The lowest BCUT2D eigenvalue weighted by Crippen LogP contribution is -2.40. The van der Waals surface area contributed by atoms with E-state index >= 15 is 0 Å². The van der Waals surface area contributed by atoms with Gasteiger partial charge < -0.3 is 19.7 Å². The number of nitrogens with zero attached hydrogens (tertiary/aromatic N) is 2. The summed E-state index contributed by atoms with van der Waals surface area (Å²) in [5, 5.41) is 3.66. The molecule has 1 N–H and O–H groups in total. The van der Waals surface area contributed by atoms with Crippen molar-refractivity contribution in [1.29, 1.82) is 0 Å². The number of rotatable bonds is 7. The Labute approximate surface area is 172 Å². The van der Waals surface area contributed by atoms with Crippen molar-refractivity contribution in [2.75, 3.05) is 36.7 Å². The van der Waals surface area contributed by atoms with E-state index in [1.54, 1.807) is 23.2 Å². The number of halogens is 2. The minimum Gasteiger partial charge on any atom is -0.491 e. The Morgan fingerprint density at radius 3 is 2.86 bits per heavy atom. The molecule has 0 saturated carbocycles. The van der Waals surface area contributed by atoms with Gasteiger partial charge in [-0.25, -0.2) is 9.37 Å². The SMILES string of the molecule is CCOC1CC(C(=O)Nc2ccnc(SC)c2)N(c2ccc(F)c(F)c2OC)C1. The fourth-order valence-electron chi connectivity index (χ4n) is 3.44. The molecule has 9 heteroatoms. The molecule has 0 spiro atoms. The van der Waals surface area contributed by atoms with E-state index in [0.29, 0.717) is 30.9 Å². The quantitative estimate of drug-likeness (QED) is 0.685. The topological polar surface area (TPSA) is 63.7 Å². The molecule has 2 aromatic rings. The third-order valence-corrected chi connectivity index (χ3v) is 5.36. The lowest BCUT2D eigenvalue weighted by Gasteiger charge is -2.27. The predicted molar refractivity (Wildman–Crippen MR) is 109 cm³/mol. The Balaban J connectivity index is 1.90. The smallest absolute Gasteiger partial charge is 0.247 e. The van der Waals surface area contributed by atoms with Crippen LogP contribution in [0.3, 0.4) is 0 Å². The van der Waals surface area contributed by atoms with E-state index in [1.807, 2.05) is 13.2 Å². The van der Waals surface area contributed by atoms with Crippen LogP contribution in [-0.4, -0.2) is 49.6 Å². The molecule has 6 nitrogen and oxygen atoms in total. The van der Waals surface area contributed by atoms with Crippen LogP contribution in [-0.2, 0) is 9.53 Å². The fraction of sp³-hybridized carbons (Fsp3) is 0.400. The van der Waals surface area contributed by atoms with Crippen LogP contribution in [0.4, 0.5) is 20.2 Å². The summed E-state index contributed by atoms with van der Waals surface area (Å²) in [7, 11) is 1.27. The minimum atomic E-state index is -1.08. The van der Waals surface area contributed by atoms with Gasteiger partial charge in [-0.3, -0.25) is 4.79 Å². The summed E-state index contributed by atoms with van der Waals surface area (Å²) < 4.78 is 38.7. The van der Waals surface area contributed by atoms with Crippen molar-refractivity contribution in [1.82, 2.24) is 4.98 Å². The van der Waals surface area contributed by atoms with Gasteiger partial charge in [-0.15, -0.1) is 11.8 Å². The largest absolute Gasteiger partial charge is 0.491 e. The summed E-state index contributed by atoms with van der Waals surface area (Å²) in [6, 6.07) is 5.31. The first-order chi connectivity index (χ1) is 14.0. The number of amides is 1. The summed E-state index contributed by atoms with van der Waals surface area (Å²) in [6.45, 7) is 2.72. The van der Waals surface area contributed by atoms with E-state index in [9.17, 15) is 13.6 Å². The maximum atomic E-state index is 14.3. The molecule has 3 rings (SSSR count). The Hall–Kier alpha value is -2.39. The van der Waals surface area contributed by atoms with Gasteiger partial charge in [-0.1, -0.05) is 0 Å². The normalized spacial score (nSPS) is 18.7. The molecule has 1 aliphatic rings. The number of nitrogens with one attached hydrogen (secondary N) is 1. The van der Waals surface area contributed by atoms with E-state index in [0.717, 1.165) is 11.1 Å². The molecule has 29 heavy (non-hydrogen) atoms. The van der Waals surface area contributed by atoms with Gasteiger partial charge >= 0.3 is 0 Å². The van der Waals surface area contributed by atoms with Crippen molar-refractivity contribution in [2.45, 2.75) is 30.5 Å². The maximum absolute atomic E-state index is 14.3. The summed E-state index contributed by atoms with van der Waals surface area (Å²) in [5.41, 5.74) is 0.930. The zero-order valence-corrected chi connectivity index (χ0v) is 17.3. The van der Waals surface area contributed by atoms with Crippen LogP contribution in [0.25, 0.3) is 0 Å². The zero-order chi connectivity index (χ0) is 21.0. The van der Waals surface area contributed by atoms with Gasteiger partial charge in [0.15, 0.2) is 11.6 Å². The van der Waals surface area contributed by atoms with Gasteiger partial charge in [0.1, 0.15) is 6.04 Å². The van der Waals surface area contributed by atoms with Crippen LogP contribution in [0.2, 0.25) is 0 Å². The summed E-state index contributed by atoms with van der Waals surface area (Å²) in [5.74, 6) is -2.58. The highest BCUT2D eigenvalue weighted by Crippen LogP contribution is 2.37. The standard InChI is InChI=1S/C20H23F2N3O3S/c1-4-28-13-10-16(20(26)24-12-7-8-23-17(9-12)29-3)25(11-13)15-6-5-14(21)18(22)19(15)27-2/h5-9,13,16H,4,10-11H2,1-3H3,(H,23,24,26). The van der Waals surface area contributed by atoms with Crippen LogP contribution in [0, 0.1) is 11.6 Å². The third kappa shape index (κ3) is 4.62. The number of benzene rings is 1. The number of carbonyl (C=O) groups excluding carboxylic acids is 1. The first-order valence-corrected chi connectivity index (χ1v) is 10.4. The molecule has 1 aromatic carbocycles. The molecule has 156 valence electrons. The summed E-state index contributed by atoms with van der Waals surface area (Å²) >= 11 is 1.47. The number of carbonyl (C=O) groups is 1. The van der Waals surface area contributed by atoms with E-state index in [4.69, 9.17) is 9.47 Å². The molecular formula is C20H23F2N3O3S. The van der Waals surface area contributed by atoms with Crippen LogP contribution in [0.15, 0.2) is 35.5 Å². The van der Waals surface area contributed by atoms with Crippen molar-refractivity contribution in [3.63, 3.8) is 0 Å². The van der Waals surface area contributed by atoms with E-state index in [-0.39, 0.29) is 17.8 Å². The van der Waals surface area contributed by atoms with Gasteiger partial charge in [0, 0.05) is 31.5 Å². The molecule has 0 aliphatic carbocycles. The second-order valence-electron chi connectivity index (χ2n) is 6.47. The maximum Gasteiger partial charge on any atom is 0.247 e. The van der Waals surface area contributed by atoms with Crippen molar-refractivity contribution in [3.8, 4) is 5.75 Å². The molecule has 1 saturated heterocycles. The monoisotopic (exact) mass is 423 g/mol. The molecule has 1 aliphatic heterocycles. The Morgan fingerprint density at radius 1 is 1.38 bits per heavy atom. The first-order valence-electron chi connectivity index (χ1n) is 9.19. The van der Waals surface area contributed by atoms with Crippen LogP contribution >= 0.6 is 11.8 Å². The number of methoxy groups -OCH3 is 1. The number of anilines is 2. The van der Waals surface area contributed by atoms with Crippen molar-refractivity contribution in [2.24, 2.45) is 0 Å².